The SMILES string of the molecule is CC/C=C\C/C=C\C/C=C\C/C=C\C/C=C\CCCCOCC(COP(=O)([O-])OCC[N+](C)(C)C)OC(=O)CCCCC. The molecule has 0 saturated carbocycles. The van der Waals surface area contributed by atoms with Gasteiger partial charge in [-0.15, -0.1) is 0 Å². The van der Waals surface area contributed by atoms with Crippen molar-refractivity contribution in [1.82, 2.24) is 0 Å². The van der Waals surface area contributed by atoms with E-state index in [4.69, 9.17) is 18.5 Å². The maximum atomic E-state index is 12.2. The Labute approximate surface area is 262 Å². The van der Waals surface area contributed by atoms with E-state index in [1.807, 2.05) is 21.1 Å². The highest BCUT2D eigenvalue weighted by Gasteiger charge is 2.20. The second kappa shape index (κ2) is 27.7. The number of hydrogen-bond donors (Lipinski definition) is 0. The van der Waals surface area contributed by atoms with Gasteiger partial charge < -0.3 is 27.9 Å². The molecule has 0 amide bonds. The normalized spacial score (nSPS) is 15.0. The van der Waals surface area contributed by atoms with Gasteiger partial charge in [0.25, 0.3) is 7.82 Å². The van der Waals surface area contributed by atoms with E-state index in [-0.39, 0.29) is 32.2 Å². The zero-order chi connectivity index (χ0) is 32.1. The predicted octanol–water partition coefficient (Wildman–Crippen LogP) is 7.62. The summed E-state index contributed by atoms with van der Waals surface area (Å²) in [6, 6.07) is 0. The van der Waals surface area contributed by atoms with E-state index in [1.54, 1.807) is 0 Å². The van der Waals surface area contributed by atoms with E-state index < -0.39 is 13.9 Å². The van der Waals surface area contributed by atoms with Crippen LogP contribution in [0.5, 0.6) is 0 Å². The number of carbonyl (C=O) groups excluding carboxylic acids is 1. The number of quaternary nitrogens is 1. The number of phosphoric ester groups is 1. The lowest BCUT2D eigenvalue weighted by atomic mass is 10.2. The van der Waals surface area contributed by atoms with Crippen molar-refractivity contribution in [3.63, 3.8) is 0 Å². The van der Waals surface area contributed by atoms with Crippen LogP contribution in [0.3, 0.4) is 0 Å². The summed E-state index contributed by atoms with van der Waals surface area (Å²) in [5, 5.41) is 0. The Morgan fingerprint density at radius 3 is 1.88 bits per heavy atom. The van der Waals surface area contributed by atoms with Gasteiger partial charge in [-0.25, -0.2) is 0 Å². The second-order valence-corrected chi connectivity index (χ2v) is 12.8. The van der Waals surface area contributed by atoms with Crippen molar-refractivity contribution < 1.29 is 37.3 Å². The minimum atomic E-state index is -4.51. The van der Waals surface area contributed by atoms with Gasteiger partial charge in [-0.05, 0) is 57.8 Å². The van der Waals surface area contributed by atoms with Crippen LogP contribution in [0.4, 0.5) is 0 Å². The third kappa shape index (κ3) is 31.4. The maximum absolute atomic E-state index is 12.2. The summed E-state index contributed by atoms with van der Waals surface area (Å²) < 4.78 is 33.8. The van der Waals surface area contributed by atoms with Crippen molar-refractivity contribution in [2.45, 2.75) is 97.0 Å². The van der Waals surface area contributed by atoms with Crippen LogP contribution in [0, 0.1) is 0 Å². The molecule has 2 atom stereocenters. The molecule has 8 nitrogen and oxygen atoms in total. The number of rotatable bonds is 28. The summed E-state index contributed by atoms with van der Waals surface area (Å²) in [7, 11) is 1.31. The zero-order valence-corrected chi connectivity index (χ0v) is 28.5. The molecular formula is C34H60NO7P. The summed E-state index contributed by atoms with van der Waals surface area (Å²) in [6.07, 6.45) is 31.7. The van der Waals surface area contributed by atoms with Crippen molar-refractivity contribution in [1.29, 1.82) is 0 Å². The van der Waals surface area contributed by atoms with Gasteiger partial charge in [-0.1, -0.05) is 87.4 Å². The van der Waals surface area contributed by atoms with Crippen molar-refractivity contribution >= 4 is 13.8 Å². The quantitative estimate of drug-likeness (QED) is 0.0290. The molecule has 0 aromatic heterocycles. The Balaban J connectivity index is 4.22. The molecule has 0 spiro atoms. The molecule has 0 bridgehead atoms. The summed E-state index contributed by atoms with van der Waals surface area (Å²) in [5.41, 5.74) is 0. The Morgan fingerprint density at radius 1 is 0.744 bits per heavy atom. The molecule has 0 aliphatic rings. The first-order chi connectivity index (χ1) is 20.6. The van der Waals surface area contributed by atoms with Gasteiger partial charge in [-0.2, -0.15) is 0 Å². The summed E-state index contributed by atoms with van der Waals surface area (Å²) in [5.74, 6) is -0.379. The van der Waals surface area contributed by atoms with Gasteiger partial charge in [-0.3, -0.25) is 9.36 Å². The van der Waals surface area contributed by atoms with Gasteiger partial charge in [0.2, 0.25) is 0 Å². The lowest BCUT2D eigenvalue weighted by molar-refractivity contribution is -0.870. The number of carbonyl (C=O) groups is 1. The molecule has 43 heavy (non-hydrogen) atoms. The maximum Gasteiger partial charge on any atom is 0.306 e. The van der Waals surface area contributed by atoms with Crippen LogP contribution >= 0.6 is 7.82 Å². The molecule has 0 saturated heterocycles. The number of unbranched alkanes of at least 4 members (excludes halogenated alkanes) is 4. The van der Waals surface area contributed by atoms with Crippen molar-refractivity contribution in [3.05, 3.63) is 60.8 Å². The van der Waals surface area contributed by atoms with E-state index in [0.717, 1.165) is 70.6 Å². The fraction of sp³-hybridized carbons (Fsp3) is 0.676. The lowest BCUT2D eigenvalue weighted by Gasteiger charge is -2.28. The Hall–Kier alpha value is -1.80. The molecule has 9 heteroatoms. The standard InChI is InChI=1S/C34H60NO7P/c1-6-8-10-11-12-13-14-15-16-17-18-19-20-21-22-23-24-26-29-39-31-33(42-34(36)27-25-9-7-2)32-41-43(37,38)40-30-28-35(3,4)5/h8,10,12-13,15-16,18-19,21-22,33H,6-7,9,11,14,17,20,23-32H2,1-5H3/b10-8-,13-12-,16-15-,19-18-,22-21-. The minimum absolute atomic E-state index is 0.0140. The first kappa shape index (κ1) is 41.2. The average Bonchev–Trinajstić information content (AvgIpc) is 2.94. The molecule has 0 aliphatic heterocycles. The minimum Gasteiger partial charge on any atom is -0.756 e. The highest BCUT2D eigenvalue weighted by molar-refractivity contribution is 7.45. The number of ether oxygens (including phenoxy) is 2. The van der Waals surface area contributed by atoms with Gasteiger partial charge >= 0.3 is 5.97 Å². The molecule has 0 rings (SSSR count). The fourth-order valence-corrected chi connectivity index (χ4v) is 4.30. The van der Waals surface area contributed by atoms with Crippen LogP contribution in [0.15, 0.2) is 60.8 Å². The molecule has 248 valence electrons. The van der Waals surface area contributed by atoms with Crippen LogP contribution < -0.4 is 4.89 Å². The van der Waals surface area contributed by atoms with Crippen molar-refractivity contribution in [2.24, 2.45) is 0 Å². The van der Waals surface area contributed by atoms with E-state index in [2.05, 4.69) is 74.6 Å². The molecule has 0 aromatic rings. The predicted molar refractivity (Wildman–Crippen MR) is 176 cm³/mol. The van der Waals surface area contributed by atoms with E-state index in [9.17, 15) is 14.3 Å². The number of nitrogens with zero attached hydrogens (tertiary/aromatic N) is 1. The summed E-state index contributed by atoms with van der Waals surface area (Å²) in [6.45, 7) is 4.95. The van der Waals surface area contributed by atoms with Crippen LogP contribution in [-0.2, 0) is 27.9 Å². The van der Waals surface area contributed by atoms with Crippen LogP contribution in [-0.4, -0.2) is 70.7 Å². The van der Waals surface area contributed by atoms with Crippen LogP contribution in [0.2, 0.25) is 0 Å². The number of allylic oxidation sites excluding steroid dienone is 10. The van der Waals surface area contributed by atoms with Gasteiger partial charge in [0, 0.05) is 13.0 Å². The molecule has 0 fully saturated rings. The van der Waals surface area contributed by atoms with E-state index in [1.165, 1.54) is 0 Å². The topological polar surface area (TPSA) is 94.1 Å². The average molecular weight is 626 g/mol. The first-order valence-electron chi connectivity index (χ1n) is 16.0. The van der Waals surface area contributed by atoms with E-state index >= 15 is 0 Å². The van der Waals surface area contributed by atoms with Crippen LogP contribution in [0.1, 0.15) is 90.9 Å². The molecular weight excluding hydrogens is 565 g/mol. The summed E-state index contributed by atoms with van der Waals surface area (Å²) >= 11 is 0. The Bertz CT molecular complexity index is 874. The number of phosphoric acid groups is 1. The first-order valence-corrected chi connectivity index (χ1v) is 17.5. The molecule has 0 heterocycles. The van der Waals surface area contributed by atoms with Gasteiger partial charge in [0.05, 0.1) is 34.4 Å². The highest BCUT2D eigenvalue weighted by atomic mass is 31.2. The zero-order valence-electron chi connectivity index (χ0n) is 27.6. The van der Waals surface area contributed by atoms with Gasteiger partial charge in [0.1, 0.15) is 19.3 Å². The largest absolute Gasteiger partial charge is 0.756 e. The second-order valence-electron chi connectivity index (χ2n) is 11.4. The molecule has 0 N–H and O–H groups in total. The van der Waals surface area contributed by atoms with Crippen LogP contribution in [0.25, 0.3) is 0 Å². The monoisotopic (exact) mass is 625 g/mol. The number of likely N-dealkylation sites (N-methyl/N-ethyl adjacent to an activating group) is 1. The number of hydrogen-bond acceptors (Lipinski definition) is 7. The third-order valence-electron chi connectivity index (χ3n) is 6.08. The smallest absolute Gasteiger partial charge is 0.306 e. The highest BCUT2D eigenvalue weighted by Crippen LogP contribution is 2.38. The van der Waals surface area contributed by atoms with Gasteiger partial charge in [0.15, 0.2) is 0 Å². The lowest BCUT2D eigenvalue weighted by Crippen LogP contribution is -2.37. The molecule has 0 radical (unpaired) electrons. The van der Waals surface area contributed by atoms with Crippen molar-refractivity contribution in [2.75, 3.05) is 54.1 Å². The third-order valence-corrected chi connectivity index (χ3v) is 7.05. The molecule has 0 aliphatic carbocycles. The van der Waals surface area contributed by atoms with Crippen molar-refractivity contribution in [3.8, 4) is 0 Å². The number of esters is 1. The summed E-state index contributed by atoms with van der Waals surface area (Å²) in [4.78, 5) is 24.4. The van der Waals surface area contributed by atoms with E-state index in [0.29, 0.717) is 17.6 Å². The molecule has 2 unspecified atom stereocenters. The fourth-order valence-electron chi connectivity index (χ4n) is 3.57. The molecule has 0 aromatic carbocycles. The Kier molecular flexibility index (Phi) is 26.6. The Morgan fingerprint density at radius 2 is 1.33 bits per heavy atom.